The minimum Gasteiger partial charge on any atom is -0.445 e. The van der Waals surface area contributed by atoms with Crippen molar-refractivity contribution < 1.29 is 34.9 Å². The van der Waals surface area contributed by atoms with Crippen LogP contribution in [0.1, 0.15) is 0 Å². The predicted octanol–water partition coefficient (Wildman–Crippen LogP) is 2.14. The van der Waals surface area contributed by atoms with Crippen molar-refractivity contribution in [1.29, 1.82) is 0 Å². The molecule has 0 aromatic carbocycles. The van der Waals surface area contributed by atoms with Gasteiger partial charge in [-0.1, -0.05) is 5.46 Å². The van der Waals surface area contributed by atoms with E-state index >= 15 is 0 Å². The molecule has 0 aliphatic carbocycles. The molecule has 2 nitrogen and oxygen atoms in total. The predicted molar refractivity (Wildman–Crippen MR) is 41.9 cm³/mol. The van der Waals surface area contributed by atoms with Crippen LogP contribution in [0.4, 0.5) is 34.9 Å². The van der Waals surface area contributed by atoms with Gasteiger partial charge < -0.3 is 12.9 Å². The minimum absolute atomic E-state index is 0.0853. The Kier molecular flexibility index (Phi) is 3.14. The van der Waals surface area contributed by atoms with Gasteiger partial charge in [0.1, 0.15) is 6.54 Å². The third-order valence-electron chi connectivity index (χ3n) is 1.81. The van der Waals surface area contributed by atoms with Gasteiger partial charge in [0.2, 0.25) is 0 Å². The molecule has 0 N–H and O–H groups in total. The summed E-state index contributed by atoms with van der Waals surface area (Å²) in [7, 11) is 0. The Balaban J connectivity index is 2.87. The zero-order valence-corrected chi connectivity index (χ0v) is 7.86. The first-order chi connectivity index (χ1) is 7.43. The highest BCUT2D eigenvalue weighted by Crippen LogP contribution is 2.36. The van der Waals surface area contributed by atoms with Gasteiger partial charge in [0.25, 0.3) is 0 Å². The number of aromatic nitrogens is 2. The Hall–Kier alpha value is -1.29. The molecule has 11 heteroatoms. The molecular formula is C6H4BF8N2-. The lowest BCUT2D eigenvalue weighted by atomic mass is 9.83. The fourth-order valence-corrected chi connectivity index (χ4v) is 0.928. The van der Waals surface area contributed by atoms with Gasteiger partial charge in [-0.05, 0) is 6.20 Å². The van der Waals surface area contributed by atoms with Crippen LogP contribution in [0.3, 0.4) is 0 Å². The van der Waals surface area contributed by atoms with Crippen LogP contribution in [-0.4, -0.2) is 28.9 Å². The second kappa shape index (κ2) is 3.88. The highest BCUT2D eigenvalue weighted by molar-refractivity contribution is 6.73. The molecule has 1 rings (SSSR count). The van der Waals surface area contributed by atoms with Crippen LogP contribution in [-0.2, 0) is 6.54 Å². The van der Waals surface area contributed by atoms with E-state index in [1.807, 2.05) is 0 Å². The Bertz CT molecular complexity index is 391. The van der Waals surface area contributed by atoms with Gasteiger partial charge in [-0.3, -0.25) is 4.68 Å². The maximum absolute atomic E-state index is 12.5. The molecule has 0 aliphatic rings. The molecule has 0 unspecified atom stereocenters. The zero-order valence-electron chi connectivity index (χ0n) is 7.86. The molecular weight excluding hydrogens is 263 g/mol. The number of hydrogen-bond acceptors (Lipinski definition) is 1. The highest BCUT2D eigenvalue weighted by Gasteiger charge is 2.57. The van der Waals surface area contributed by atoms with Crippen molar-refractivity contribution in [2.45, 2.75) is 18.6 Å². The lowest BCUT2D eigenvalue weighted by Crippen LogP contribution is -2.40. The van der Waals surface area contributed by atoms with E-state index in [-0.39, 0.29) is 17.1 Å². The largest absolute Gasteiger partial charge is 0.512 e. The number of rotatable bonds is 3. The van der Waals surface area contributed by atoms with Crippen molar-refractivity contribution in [1.82, 2.24) is 9.78 Å². The van der Waals surface area contributed by atoms with Crippen molar-refractivity contribution in [3.63, 3.8) is 0 Å². The molecule has 0 fully saturated rings. The van der Waals surface area contributed by atoms with E-state index in [1.165, 1.54) is 0 Å². The molecule has 0 spiro atoms. The Morgan fingerprint density at radius 1 is 1.12 bits per heavy atom. The van der Waals surface area contributed by atoms with Gasteiger partial charge in [-0.25, -0.2) is 0 Å². The van der Waals surface area contributed by atoms with Crippen molar-refractivity contribution in [3.8, 4) is 0 Å². The molecule has 1 heterocycles. The average Bonchev–Trinajstić information content (AvgIpc) is 2.48. The van der Waals surface area contributed by atoms with E-state index in [4.69, 9.17) is 0 Å². The third kappa shape index (κ3) is 3.10. The Morgan fingerprint density at radius 2 is 1.65 bits per heavy atom. The molecule has 0 bridgehead atoms. The van der Waals surface area contributed by atoms with Crippen LogP contribution in [0.25, 0.3) is 0 Å². The molecule has 17 heavy (non-hydrogen) atoms. The van der Waals surface area contributed by atoms with E-state index < -0.39 is 31.1 Å². The summed E-state index contributed by atoms with van der Waals surface area (Å²) in [5, 5.41) is 2.81. The second-order valence-corrected chi connectivity index (χ2v) is 3.25. The molecule has 0 saturated heterocycles. The molecule has 1 aromatic rings. The van der Waals surface area contributed by atoms with Crippen molar-refractivity contribution in [2.24, 2.45) is 0 Å². The summed E-state index contributed by atoms with van der Waals surface area (Å²) in [6.45, 7) is -7.46. The van der Waals surface area contributed by atoms with Crippen molar-refractivity contribution >= 4 is 12.4 Å². The summed E-state index contributed by atoms with van der Waals surface area (Å²) < 4.78 is 96.3. The van der Waals surface area contributed by atoms with Crippen LogP contribution in [0.15, 0.2) is 12.4 Å². The molecule has 1 aromatic heterocycles. The average molecular weight is 267 g/mol. The van der Waals surface area contributed by atoms with E-state index in [2.05, 4.69) is 5.10 Å². The first-order valence-electron chi connectivity index (χ1n) is 4.10. The van der Waals surface area contributed by atoms with E-state index in [0.29, 0.717) is 0 Å². The maximum Gasteiger partial charge on any atom is 0.512 e. The van der Waals surface area contributed by atoms with Crippen LogP contribution in [0, 0.1) is 0 Å². The van der Waals surface area contributed by atoms with Gasteiger partial charge in [-0.2, -0.15) is 27.1 Å². The van der Waals surface area contributed by atoms with Gasteiger partial charge in [-0.15, -0.1) is 0 Å². The number of halogens is 8. The summed E-state index contributed by atoms with van der Waals surface area (Å²) in [6, 6.07) is 0. The second-order valence-electron chi connectivity index (χ2n) is 3.25. The summed E-state index contributed by atoms with van der Waals surface area (Å²) in [6.07, 6.45) is -5.52. The normalized spacial score (nSPS) is 14.1. The minimum atomic E-state index is -5.83. The quantitative estimate of drug-likeness (QED) is 0.606. The van der Waals surface area contributed by atoms with E-state index in [1.54, 1.807) is 0 Å². The zero-order chi connectivity index (χ0) is 13.5. The van der Waals surface area contributed by atoms with Crippen LogP contribution in [0.2, 0.25) is 0 Å². The van der Waals surface area contributed by atoms with Gasteiger partial charge in [0.05, 0.1) is 0 Å². The van der Waals surface area contributed by atoms with Crippen LogP contribution in [0.5, 0.6) is 0 Å². The summed E-state index contributed by atoms with van der Waals surface area (Å²) >= 11 is 0. The first kappa shape index (κ1) is 13.8. The SMILES string of the molecule is F[B-](F)(F)c1cnn(CC(F)(F)C(F)(F)F)c1. The molecule has 0 radical (unpaired) electrons. The van der Waals surface area contributed by atoms with Crippen LogP contribution >= 0.6 is 0 Å². The molecule has 0 saturated carbocycles. The van der Waals surface area contributed by atoms with E-state index in [9.17, 15) is 34.9 Å². The van der Waals surface area contributed by atoms with Gasteiger partial charge in [0, 0.05) is 6.20 Å². The number of alkyl halides is 5. The maximum atomic E-state index is 12.5. The molecule has 0 aliphatic heterocycles. The third-order valence-corrected chi connectivity index (χ3v) is 1.81. The fourth-order valence-electron chi connectivity index (χ4n) is 0.928. The summed E-state index contributed by atoms with van der Waals surface area (Å²) in [5.41, 5.74) is -1.33. The summed E-state index contributed by atoms with van der Waals surface area (Å²) in [4.78, 5) is 0. The smallest absolute Gasteiger partial charge is 0.445 e. The topological polar surface area (TPSA) is 17.8 Å². The number of hydrogen-bond donors (Lipinski definition) is 0. The first-order valence-corrected chi connectivity index (χ1v) is 4.10. The van der Waals surface area contributed by atoms with Gasteiger partial charge in [0.15, 0.2) is 0 Å². The van der Waals surface area contributed by atoms with E-state index in [0.717, 1.165) is 0 Å². The van der Waals surface area contributed by atoms with Gasteiger partial charge >= 0.3 is 19.1 Å². The Morgan fingerprint density at radius 3 is 2.00 bits per heavy atom. The Labute approximate surface area is 89.3 Å². The standard InChI is InChI=1S/C6H4BF8N2/c8-5(9,6(10,11)12)3-17-2-4(1-16-17)7(13,14)15/h1-2H,3H2/q-1. The number of nitrogens with zero attached hydrogens (tertiary/aromatic N) is 2. The molecule has 0 amide bonds. The lowest BCUT2D eigenvalue weighted by Gasteiger charge is -2.19. The molecule has 0 atom stereocenters. The lowest BCUT2D eigenvalue weighted by molar-refractivity contribution is -0.287. The fraction of sp³-hybridized carbons (Fsp3) is 0.500. The van der Waals surface area contributed by atoms with Crippen LogP contribution < -0.4 is 5.46 Å². The van der Waals surface area contributed by atoms with Crippen molar-refractivity contribution in [2.75, 3.05) is 0 Å². The molecule has 98 valence electrons. The summed E-state index contributed by atoms with van der Waals surface area (Å²) in [5.74, 6) is -5.13. The highest BCUT2D eigenvalue weighted by atomic mass is 19.4. The monoisotopic (exact) mass is 267 g/mol. The van der Waals surface area contributed by atoms with Crippen molar-refractivity contribution in [3.05, 3.63) is 12.4 Å².